The van der Waals surface area contributed by atoms with Crippen LogP contribution in [0.3, 0.4) is 0 Å². The van der Waals surface area contributed by atoms with Gasteiger partial charge in [0.15, 0.2) is 0 Å². The fourth-order valence-corrected chi connectivity index (χ4v) is 4.79. The van der Waals surface area contributed by atoms with Crippen LogP contribution in [0.25, 0.3) is 0 Å². The molecule has 0 bridgehead atoms. The molecule has 1 heterocycles. The predicted octanol–water partition coefficient (Wildman–Crippen LogP) is 5.82. The maximum atomic E-state index is 14.5. The number of carbonyl (C=O) groups is 2. The van der Waals surface area contributed by atoms with Gasteiger partial charge in [0.1, 0.15) is 23.3 Å². The van der Waals surface area contributed by atoms with Crippen LogP contribution in [-0.4, -0.2) is 42.3 Å². The highest BCUT2D eigenvalue weighted by Crippen LogP contribution is 2.34. The number of likely N-dealkylation sites (tertiary alicyclic amines) is 1. The molecular weight excluding hydrogens is 476 g/mol. The van der Waals surface area contributed by atoms with Crippen molar-refractivity contribution in [2.45, 2.75) is 64.7 Å². The fourth-order valence-electron chi connectivity index (χ4n) is 4.79. The molecule has 2 amide bonds. The van der Waals surface area contributed by atoms with Gasteiger partial charge in [-0.05, 0) is 55.4 Å². The van der Waals surface area contributed by atoms with Gasteiger partial charge in [-0.1, -0.05) is 32.0 Å². The van der Waals surface area contributed by atoms with Crippen molar-refractivity contribution in [3.63, 3.8) is 0 Å². The number of piperidine rings is 1. The van der Waals surface area contributed by atoms with Crippen LogP contribution in [0.1, 0.15) is 70.3 Å². The van der Waals surface area contributed by atoms with Gasteiger partial charge in [-0.15, -0.1) is 0 Å². The van der Waals surface area contributed by atoms with Crippen molar-refractivity contribution < 1.29 is 23.2 Å². The van der Waals surface area contributed by atoms with Gasteiger partial charge in [0, 0.05) is 50.7 Å². The standard InChI is InChI=1S/C29H35F2N3O3/c1-3-7-28(36)32-26-10-6-5-9-24(26)21-13-16-33(17-14-21)23(20-35)15-18-34(29(37)8-4-2)27-12-11-22(30)19-25(27)31/h5-6,9-12,19,21H,3-4,7-8,13-18H2,1-2H3,(H,32,36). The van der Waals surface area contributed by atoms with E-state index in [1.807, 2.05) is 49.0 Å². The van der Waals surface area contributed by atoms with Crippen LogP contribution < -0.4 is 10.2 Å². The van der Waals surface area contributed by atoms with Gasteiger partial charge in [0.05, 0.1) is 5.69 Å². The van der Waals surface area contributed by atoms with Gasteiger partial charge in [-0.2, -0.15) is 0 Å². The Morgan fingerprint density at radius 3 is 2.38 bits per heavy atom. The molecule has 6 nitrogen and oxygen atoms in total. The van der Waals surface area contributed by atoms with Crippen LogP contribution in [0.4, 0.5) is 20.2 Å². The van der Waals surface area contributed by atoms with E-state index in [0.717, 1.165) is 42.6 Å². The van der Waals surface area contributed by atoms with Crippen molar-refractivity contribution in [2.24, 2.45) is 0 Å². The summed E-state index contributed by atoms with van der Waals surface area (Å²) in [4.78, 5) is 40.0. The second-order valence-electron chi connectivity index (χ2n) is 9.34. The van der Waals surface area contributed by atoms with E-state index in [0.29, 0.717) is 31.6 Å². The number of nitrogens with zero attached hydrogens (tertiary/aromatic N) is 2. The summed E-state index contributed by atoms with van der Waals surface area (Å²) >= 11 is 0. The van der Waals surface area contributed by atoms with Gasteiger partial charge in [0.2, 0.25) is 11.8 Å². The van der Waals surface area contributed by atoms with E-state index in [2.05, 4.69) is 5.32 Å². The number of nitrogens with one attached hydrogen (secondary N) is 1. The van der Waals surface area contributed by atoms with E-state index in [9.17, 15) is 23.2 Å². The molecular formula is C29H35F2N3O3. The number of benzene rings is 2. The molecule has 1 N–H and O–H groups in total. The quantitative estimate of drug-likeness (QED) is 0.386. The van der Waals surface area contributed by atoms with Gasteiger partial charge >= 0.3 is 0 Å². The van der Waals surface area contributed by atoms with Gasteiger partial charge < -0.3 is 15.1 Å². The molecule has 1 fully saturated rings. The molecule has 37 heavy (non-hydrogen) atoms. The number of carbonyl (C=O) groups excluding carboxylic acids is 3. The lowest BCUT2D eigenvalue weighted by molar-refractivity contribution is -0.118. The van der Waals surface area contributed by atoms with E-state index >= 15 is 0 Å². The molecule has 0 aliphatic carbocycles. The van der Waals surface area contributed by atoms with Gasteiger partial charge in [-0.3, -0.25) is 9.59 Å². The van der Waals surface area contributed by atoms with Crippen molar-refractivity contribution in [3.05, 3.63) is 65.4 Å². The molecule has 0 aromatic heterocycles. The molecule has 3 rings (SSSR count). The molecule has 0 atom stereocenters. The molecule has 0 radical (unpaired) electrons. The number of hydrogen-bond donors (Lipinski definition) is 1. The second kappa shape index (κ2) is 13.7. The van der Waals surface area contributed by atoms with Gasteiger partial charge in [0.25, 0.3) is 0 Å². The highest BCUT2D eigenvalue weighted by molar-refractivity contribution is 5.93. The average Bonchev–Trinajstić information content (AvgIpc) is 2.88. The Bertz CT molecular complexity index is 1140. The Morgan fingerprint density at radius 2 is 1.73 bits per heavy atom. The SMILES string of the molecule is CCCC(=O)Nc1ccccc1C1CCN(C(=C=O)CCN(C(=O)CCC)c2ccc(F)cc2F)CC1. The van der Waals surface area contributed by atoms with E-state index < -0.39 is 11.6 Å². The zero-order valence-corrected chi connectivity index (χ0v) is 21.6. The van der Waals surface area contributed by atoms with Crippen molar-refractivity contribution in [3.8, 4) is 0 Å². The highest BCUT2D eigenvalue weighted by atomic mass is 19.1. The third-order valence-corrected chi connectivity index (χ3v) is 6.68. The number of hydrogen-bond acceptors (Lipinski definition) is 4. The Kier molecular flexibility index (Phi) is 10.4. The first-order valence-electron chi connectivity index (χ1n) is 13.0. The zero-order chi connectivity index (χ0) is 26.8. The lowest BCUT2D eigenvalue weighted by atomic mass is 9.88. The molecule has 2 aromatic carbocycles. The van der Waals surface area contributed by atoms with Crippen LogP contribution in [-0.2, 0) is 14.4 Å². The summed E-state index contributed by atoms with van der Waals surface area (Å²) < 4.78 is 27.9. The van der Waals surface area contributed by atoms with Crippen molar-refractivity contribution >= 4 is 29.1 Å². The number of para-hydroxylation sites is 1. The van der Waals surface area contributed by atoms with Crippen molar-refractivity contribution in [1.82, 2.24) is 4.90 Å². The smallest absolute Gasteiger partial charge is 0.227 e. The first-order chi connectivity index (χ1) is 17.9. The minimum atomic E-state index is -0.813. The first kappa shape index (κ1) is 28.1. The van der Waals surface area contributed by atoms with Crippen LogP contribution in [0, 0.1) is 11.6 Å². The molecule has 2 aromatic rings. The van der Waals surface area contributed by atoms with Gasteiger partial charge in [-0.25, -0.2) is 13.6 Å². The summed E-state index contributed by atoms with van der Waals surface area (Å²) in [7, 11) is 0. The Hall–Kier alpha value is -3.51. The van der Waals surface area contributed by atoms with E-state index in [1.54, 1.807) is 0 Å². The third kappa shape index (κ3) is 7.49. The molecule has 8 heteroatoms. The first-order valence-corrected chi connectivity index (χ1v) is 13.0. The largest absolute Gasteiger partial charge is 0.366 e. The van der Waals surface area contributed by atoms with E-state index in [1.165, 1.54) is 11.0 Å². The van der Waals surface area contributed by atoms with Crippen molar-refractivity contribution in [2.75, 3.05) is 29.9 Å². The summed E-state index contributed by atoms with van der Waals surface area (Å²) in [5.74, 6) is 0.448. The molecule has 0 unspecified atom stereocenters. The molecule has 1 aliphatic heterocycles. The molecule has 1 saturated heterocycles. The van der Waals surface area contributed by atoms with Crippen LogP contribution >= 0.6 is 0 Å². The number of halogens is 2. The lowest BCUT2D eigenvalue weighted by Crippen LogP contribution is -2.37. The minimum Gasteiger partial charge on any atom is -0.366 e. The van der Waals surface area contributed by atoms with E-state index in [4.69, 9.17) is 0 Å². The number of amides is 2. The average molecular weight is 512 g/mol. The summed E-state index contributed by atoms with van der Waals surface area (Å²) in [6.07, 6.45) is 3.85. The van der Waals surface area contributed by atoms with Crippen LogP contribution in [0.15, 0.2) is 48.2 Å². The third-order valence-electron chi connectivity index (χ3n) is 6.68. The highest BCUT2D eigenvalue weighted by Gasteiger charge is 2.26. The van der Waals surface area contributed by atoms with E-state index in [-0.39, 0.29) is 42.8 Å². The Morgan fingerprint density at radius 1 is 1.03 bits per heavy atom. The summed E-state index contributed by atoms with van der Waals surface area (Å²) in [5, 5.41) is 3.02. The Labute approximate surface area is 217 Å². The van der Waals surface area contributed by atoms with Crippen LogP contribution in [0.2, 0.25) is 0 Å². The minimum absolute atomic E-state index is 0.00155. The predicted molar refractivity (Wildman–Crippen MR) is 141 cm³/mol. The number of anilines is 2. The fraction of sp³-hybridized carbons (Fsp3) is 0.448. The molecule has 1 aliphatic rings. The topological polar surface area (TPSA) is 69.7 Å². The second-order valence-corrected chi connectivity index (χ2v) is 9.34. The molecule has 0 saturated carbocycles. The maximum Gasteiger partial charge on any atom is 0.227 e. The van der Waals surface area contributed by atoms with Crippen molar-refractivity contribution in [1.29, 1.82) is 0 Å². The molecule has 0 spiro atoms. The summed E-state index contributed by atoms with van der Waals surface area (Å²) in [6.45, 7) is 5.17. The maximum absolute atomic E-state index is 14.5. The lowest BCUT2D eigenvalue weighted by Gasteiger charge is -2.35. The molecule has 198 valence electrons. The summed E-state index contributed by atoms with van der Waals surface area (Å²) in [5.41, 5.74) is 2.36. The zero-order valence-electron chi connectivity index (χ0n) is 21.6. The summed E-state index contributed by atoms with van der Waals surface area (Å²) in [6, 6.07) is 11.0. The normalized spacial score (nSPS) is 13.7. The monoisotopic (exact) mass is 511 g/mol. The Balaban J connectivity index is 1.66. The van der Waals surface area contributed by atoms with Crippen LogP contribution in [0.5, 0.6) is 0 Å². The number of rotatable bonds is 11.